The van der Waals surface area contributed by atoms with Crippen molar-refractivity contribution in [3.63, 3.8) is 0 Å². The molecule has 0 aromatic heterocycles. The minimum atomic E-state index is -3.37. The van der Waals surface area contributed by atoms with Crippen molar-refractivity contribution in [2.24, 2.45) is 0 Å². The molecule has 0 saturated heterocycles. The van der Waals surface area contributed by atoms with Crippen LogP contribution in [-0.4, -0.2) is 8.76 Å². The molecule has 7 heavy (non-hydrogen) atoms. The fourth-order valence-electron chi connectivity index (χ4n) is 0.184. The Bertz CT molecular complexity index is 114. The molecule has 0 amide bonds. The van der Waals surface area contributed by atoms with Crippen LogP contribution >= 0.6 is 10.7 Å². The van der Waals surface area contributed by atoms with E-state index in [4.69, 9.17) is 15.2 Å². The fourth-order valence-corrected chi connectivity index (χ4v) is 0.890. The van der Waals surface area contributed by atoms with Gasteiger partial charge in [0.1, 0.15) is 0 Å². The number of hydrogen-bond donors (Lipinski definition) is 2. The van der Waals surface area contributed by atoms with Gasteiger partial charge in [0.15, 0.2) is 0 Å². The van der Waals surface area contributed by atoms with Gasteiger partial charge in [-0.05, 0) is 6.92 Å². The highest BCUT2D eigenvalue weighted by Crippen LogP contribution is 2.04. The summed E-state index contributed by atoms with van der Waals surface area (Å²) in [5.74, 6) is 0. The molecule has 0 atom stereocenters. The number of hydrogen-bond acceptors (Lipinski definition) is 1. The lowest BCUT2D eigenvalue weighted by molar-refractivity contribution is 0.567. The van der Waals surface area contributed by atoms with Crippen molar-refractivity contribution in [3.05, 3.63) is 11.5 Å². The Morgan fingerprint density at radius 1 is 1.86 bits per heavy atom. The number of allylic oxidation sites excluding steroid dienone is 1. The number of thiol groups is 1. The first-order chi connectivity index (χ1) is 3.06. The van der Waals surface area contributed by atoms with Crippen LogP contribution in [0.25, 0.3) is 0 Å². The standard InChI is InChI=1S/C3H7ClO2S/c1-2-3-7(4,5)6/h2-3,7H,1H3,(H,5,6). The minimum Gasteiger partial charge on any atom is -0.288 e. The van der Waals surface area contributed by atoms with Gasteiger partial charge >= 0.3 is 0 Å². The molecular weight excluding hydrogens is 136 g/mol. The first kappa shape index (κ1) is 7.14. The highest BCUT2D eigenvalue weighted by Gasteiger charge is 1.84. The summed E-state index contributed by atoms with van der Waals surface area (Å²) in [7, 11) is 1.48. The molecular formula is C3H7ClO2S. The zero-order chi connectivity index (χ0) is 5.91. The van der Waals surface area contributed by atoms with Gasteiger partial charge in [0, 0.05) is 16.1 Å². The van der Waals surface area contributed by atoms with E-state index in [0.29, 0.717) is 0 Å². The third kappa shape index (κ3) is 6.14. The van der Waals surface area contributed by atoms with Crippen LogP contribution in [0.4, 0.5) is 0 Å². The van der Waals surface area contributed by atoms with Crippen molar-refractivity contribution in [3.8, 4) is 0 Å². The second-order valence-electron chi connectivity index (χ2n) is 1.03. The maximum Gasteiger partial charge on any atom is 0.0266 e. The smallest absolute Gasteiger partial charge is 0.0266 e. The van der Waals surface area contributed by atoms with Crippen molar-refractivity contribution in [2.45, 2.75) is 6.92 Å². The molecule has 0 spiro atoms. The summed E-state index contributed by atoms with van der Waals surface area (Å²) in [5.41, 5.74) is 0. The summed E-state index contributed by atoms with van der Waals surface area (Å²) in [6.07, 6.45) is 1.44. The van der Waals surface area contributed by atoms with E-state index in [-0.39, 0.29) is 0 Å². The lowest BCUT2D eigenvalue weighted by Gasteiger charge is -2.03. The van der Waals surface area contributed by atoms with E-state index < -0.39 is 9.43 Å². The van der Waals surface area contributed by atoms with Gasteiger partial charge < -0.3 is 0 Å². The fraction of sp³-hybridized carbons (Fsp3) is 0.333. The summed E-state index contributed by atoms with van der Waals surface area (Å²) >= 11 is 0. The first-order valence-corrected chi connectivity index (χ1v) is 4.35. The SMILES string of the molecule is CC=C[SH](=O)(O)Cl. The predicted molar refractivity (Wildman–Crippen MR) is 32.8 cm³/mol. The molecule has 44 valence electrons. The van der Waals surface area contributed by atoms with Gasteiger partial charge in [-0.25, -0.2) is 0 Å². The average molecular weight is 143 g/mol. The van der Waals surface area contributed by atoms with Gasteiger partial charge in [0.2, 0.25) is 0 Å². The molecule has 0 radical (unpaired) electrons. The van der Waals surface area contributed by atoms with Crippen LogP contribution in [0.1, 0.15) is 6.92 Å². The maximum absolute atomic E-state index is 10.0. The van der Waals surface area contributed by atoms with Crippen molar-refractivity contribution < 1.29 is 8.76 Å². The van der Waals surface area contributed by atoms with E-state index >= 15 is 0 Å². The largest absolute Gasteiger partial charge is 0.288 e. The first-order valence-electron chi connectivity index (χ1n) is 1.72. The van der Waals surface area contributed by atoms with Gasteiger partial charge in [0.25, 0.3) is 0 Å². The molecule has 0 saturated carbocycles. The molecule has 2 nitrogen and oxygen atoms in total. The normalized spacial score (nSPS) is 15.3. The van der Waals surface area contributed by atoms with Gasteiger partial charge in [0.05, 0.1) is 0 Å². The van der Waals surface area contributed by atoms with Crippen LogP contribution in [-0.2, 0) is 9.43 Å². The van der Waals surface area contributed by atoms with Gasteiger partial charge in [-0.2, -0.15) is 4.21 Å². The van der Waals surface area contributed by atoms with E-state index in [1.807, 2.05) is 0 Å². The van der Waals surface area contributed by atoms with E-state index in [0.717, 1.165) is 5.41 Å². The molecule has 0 aromatic carbocycles. The zero-order valence-electron chi connectivity index (χ0n) is 3.84. The van der Waals surface area contributed by atoms with E-state index in [9.17, 15) is 4.21 Å². The van der Waals surface area contributed by atoms with Crippen LogP contribution in [0.3, 0.4) is 0 Å². The molecule has 0 bridgehead atoms. The quantitative estimate of drug-likeness (QED) is 0.426. The maximum atomic E-state index is 10.0. The van der Waals surface area contributed by atoms with Crippen molar-refractivity contribution >= 4 is 20.1 Å². The van der Waals surface area contributed by atoms with E-state index in [2.05, 4.69) is 0 Å². The molecule has 0 aliphatic rings. The lowest BCUT2D eigenvalue weighted by atomic mass is 10.8. The lowest BCUT2D eigenvalue weighted by Crippen LogP contribution is -1.90. The van der Waals surface area contributed by atoms with E-state index in [1.165, 1.54) is 6.08 Å². The topological polar surface area (TPSA) is 37.3 Å². The second kappa shape index (κ2) is 2.45. The summed E-state index contributed by atoms with van der Waals surface area (Å²) < 4.78 is 18.3. The minimum absolute atomic E-state index is 1.06. The molecule has 1 N–H and O–H groups in total. The van der Waals surface area contributed by atoms with Crippen molar-refractivity contribution in [1.29, 1.82) is 0 Å². The van der Waals surface area contributed by atoms with Crippen LogP contribution in [0.5, 0.6) is 0 Å². The van der Waals surface area contributed by atoms with Crippen molar-refractivity contribution in [1.82, 2.24) is 0 Å². The Kier molecular flexibility index (Phi) is 2.50. The molecule has 0 aliphatic carbocycles. The van der Waals surface area contributed by atoms with Crippen LogP contribution < -0.4 is 0 Å². The Morgan fingerprint density at radius 2 is 2.29 bits per heavy atom. The second-order valence-corrected chi connectivity index (χ2v) is 3.87. The third-order valence-electron chi connectivity index (χ3n) is 0.333. The Labute approximate surface area is 47.9 Å². The van der Waals surface area contributed by atoms with Gasteiger partial charge in [-0.15, -0.1) is 9.43 Å². The van der Waals surface area contributed by atoms with Crippen LogP contribution in [0.15, 0.2) is 11.5 Å². The highest BCUT2D eigenvalue weighted by atomic mass is 35.7. The predicted octanol–water partition coefficient (Wildman–Crippen LogP) is 1.16. The molecule has 4 heteroatoms. The molecule has 0 heterocycles. The molecule has 0 unspecified atom stereocenters. The summed E-state index contributed by atoms with van der Waals surface area (Å²) in [4.78, 5) is 0. The van der Waals surface area contributed by atoms with Gasteiger partial charge in [-0.3, -0.25) is 4.55 Å². The summed E-state index contributed by atoms with van der Waals surface area (Å²) in [6.45, 7) is 1.63. The average Bonchev–Trinajstić information content (AvgIpc) is 1.30. The summed E-state index contributed by atoms with van der Waals surface area (Å²) in [5, 5.41) is 1.06. The molecule has 0 fully saturated rings. The Hall–Kier alpha value is 0.140. The van der Waals surface area contributed by atoms with Gasteiger partial charge in [-0.1, -0.05) is 6.08 Å². The van der Waals surface area contributed by atoms with Crippen molar-refractivity contribution in [2.75, 3.05) is 0 Å². The van der Waals surface area contributed by atoms with E-state index in [1.54, 1.807) is 6.92 Å². The number of halogens is 1. The summed E-state index contributed by atoms with van der Waals surface area (Å²) in [6, 6.07) is 0. The van der Waals surface area contributed by atoms with Crippen LogP contribution in [0.2, 0.25) is 0 Å². The Balaban J connectivity index is 3.82. The number of rotatable bonds is 1. The molecule has 0 aromatic rings. The molecule has 0 aliphatic heterocycles. The third-order valence-corrected chi connectivity index (χ3v) is 1.34. The van der Waals surface area contributed by atoms with Crippen LogP contribution in [0, 0.1) is 0 Å². The highest BCUT2D eigenvalue weighted by molar-refractivity contribution is 8.21. The monoisotopic (exact) mass is 142 g/mol. The zero-order valence-corrected chi connectivity index (χ0v) is 5.49. The Morgan fingerprint density at radius 3 is 2.29 bits per heavy atom. The molecule has 0 rings (SSSR count).